The van der Waals surface area contributed by atoms with Gasteiger partial charge in [0.05, 0.1) is 73.2 Å². The number of carbonyl (C=O) groups is 8. The molecule has 0 radical (unpaired) electrons. The lowest BCUT2D eigenvalue weighted by atomic mass is 9.74. The number of thioether (sulfide) groups is 1. The van der Waals surface area contributed by atoms with Gasteiger partial charge in [-0.15, -0.1) is 21.4 Å². The highest BCUT2D eigenvalue weighted by Crippen LogP contribution is 2.52. The van der Waals surface area contributed by atoms with Crippen LogP contribution in [0.4, 0.5) is 4.48 Å². The number of aliphatic hydroxyl groups excluding tert-OH is 1. The number of likely N-dealkylation sites (tertiary alicyclic amines) is 1. The molecule has 3 fully saturated rings. The first-order valence-electron chi connectivity index (χ1n) is 26.4. The molecule has 78 heavy (non-hydrogen) atoms. The van der Waals surface area contributed by atoms with E-state index in [0.717, 1.165) is 31.3 Å². The Morgan fingerprint density at radius 1 is 0.987 bits per heavy atom. The number of carbonyl (C=O) groups excluding carboxylic acids is 8. The van der Waals surface area contributed by atoms with E-state index >= 15 is 0 Å². The molecule has 0 bridgehead atoms. The lowest BCUT2D eigenvalue weighted by molar-refractivity contribution is -0.283. The molecule has 5 amide bonds. The highest BCUT2D eigenvalue weighted by Gasteiger charge is 2.46. The van der Waals surface area contributed by atoms with Crippen molar-refractivity contribution in [3.63, 3.8) is 0 Å². The minimum Gasteiger partial charge on any atom is -0.507 e. The van der Waals surface area contributed by atoms with Crippen molar-refractivity contribution in [1.82, 2.24) is 30.9 Å². The van der Waals surface area contributed by atoms with Crippen LogP contribution < -0.4 is 20.7 Å². The van der Waals surface area contributed by atoms with Gasteiger partial charge in [0.2, 0.25) is 35.3 Å². The van der Waals surface area contributed by atoms with Crippen LogP contribution >= 0.6 is 11.8 Å². The first-order valence-corrected chi connectivity index (χ1v) is 27.4. The third kappa shape index (κ3) is 15.6. The molecular weight excluding hydrogens is 1040 g/mol. The van der Waals surface area contributed by atoms with E-state index in [0.29, 0.717) is 42.6 Å². The molecule has 432 valence electrons. The van der Waals surface area contributed by atoms with Gasteiger partial charge in [0, 0.05) is 73.9 Å². The molecule has 0 spiro atoms. The smallest absolute Gasteiger partial charge is 0.242 e. The summed E-state index contributed by atoms with van der Waals surface area (Å²) in [6.45, 7) is 10.5. The number of ether oxygens (including phenoxy) is 5. The van der Waals surface area contributed by atoms with Crippen molar-refractivity contribution in [1.29, 1.82) is 0 Å². The second kappa shape index (κ2) is 29.6. The molecule has 6 unspecified atom stereocenters. The van der Waals surface area contributed by atoms with Gasteiger partial charge in [0.25, 0.3) is 0 Å². The zero-order chi connectivity index (χ0) is 57.5. The number of phenols is 2. The van der Waals surface area contributed by atoms with Crippen molar-refractivity contribution in [3.8, 4) is 17.2 Å². The molecule has 5 aliphatic rings. The van der Waals surface area contributed by atoms with Crippen molar-refractivity contribution < 1.29 is 81.8 Å². The molecule has 3 aliphatic heterocycles. The number of hydrogen-bond acceptors (Lipinski definition) is 19. The maximum atomic E-state index is 14.3. The van der Waals surface area contributed by atoms with Gasteiger partial charge in [0.1, 0.15) is 29.6 Å². The number of likely N-dealkylation sites (N-methyl/N-ethyl adjacent to an activating group) is 1. The van der Waals surface area contributed by atoms with E-state index in [4.69, 9.17) is 28.8 Å². The second-order valence-corrected chi connectivity index (χ2v) is 21.7. The number of unbranched alkanes of at least 4 members (excludes halogenated alkanes) is 1. The number of halogens is 1. The first kappa shape index (κ1) is 63.2. The first-order chi connectivity index (χ1) is 37.2. The Hall–Kier alpha value is -5.60. The van der Waals surface area contributed by atoms with Gasteiger partial charge < -0.3 is 64.6 Å². The molecule has 22 nitrogen and oxygen atoms in total. The van der Waals surface area contributed by atoms with Crippen LogP contribution in [0.15, 0.2) is 18.2 Å². The van der Waals surface area contributed by atoms with Crippen LogP contribution in [0, 0.1) is 5.92 Å². The fourth-order valence-corrected chi connectivity index (χ4v) is 11.2. The molecule has 0 saturated carbocycles. The predicted molar refractivity (Wildman–Crippen MR) is 283 cm³/mol. The Kier molecular flexibility index (Phi) is 24.0. The number of aromatic hydroxyl groups is 2. The summed E-state index contributed by atoms with van der Waals surface area (Å²) < 4.78 is 43.6. The minimum absolute atomic E-state index is 0.00296. The Balaban J connectivity index is 0.000000320. The van der Waals surface area contributed by atoms with E-state index in [1.165, 1.54) is 38.8 Å². The molecule has 2 aliphatic carbocycles. The highest BCUT2D eigenvalue weighted by atomic mass is 32.2. The van der Waals surface area contributed by atoms with Crippen LogP contribution in [-0.4, -0.2) is 193 Å². The minimum atomic E-state index is -0.987. The lowest BCUT2D eigenvalue weighted by Gasteiger charge is -2.40. The van der Waals surface area contributed by atoms with Crippen LogP contribution in [0.2, 0.25) is 0 Å². The Morgan fingerprint density at radius 3 is 2.36 bits per heavy atom. The number of imide groups is 1. The fraction of sp³-hybridized carbons (Fsp3) is 0.630. The van der Waals surface area contributed by atoms with Gasteiger partial charge in [-0.1, -0.05) is 38.8 Å². The van der Waals surface area contributed by atoms with Gasteiger partial charge in [-0.3, -0.25) is 38.5 Å². The summed E-state index contributed by atoms with van der Waals surface area (Å²) in [5.74, 6) is -4.49. The van der Waals surface area contributed by atoms with Gasteiger partial charge in [-0.25, -0.2) is 0 Å². The van der Waals surface area contributed by atoms with Crippen LogP contribution in [0.3, 0.4) is 0 Å². The third-order valence-corrected chi connectivity index (χ3v) is 15.4. The molecule has 10 atom stereocenters. The number of fused-ring (bicyclic) bond motifs is 3. The Bertz CT molecular complexity index is 2480. The Morgan fingerprint density at radius 2 is 1.71 bits per heavy atom. The van der Waals surface area contributed by atoms with E-state index < -0.39 is 83.7 Å². The largest absolute Gasteiger partial charge is 0.507 e. The number of methoxy groups -OCH3 is 1. The van der Waals surface area contributed by atoms with E-state index in [9.17, 15) is 53.1 Å². The van der Waals surface area contributed by atoms with Gasteiger partial charge in [-0.05, 0) is 66.6 Å². The van der Waals surface area contributed by atoms with Crippen LogP contribution in [0.5, 0.6) is 17.2 Å². The molecule has 24 heteroatoms. The molecule has 2 aromatic rings. The number of amides is 5. The van der Waals surface area contributed by atoms with Crippen molar-refractivity contribution in [2.75, 3.05) is 67.7 Å². The average molecular weight is 1120 g/mol. The molecule has 3 saturated heterocycles. The number of benzene rings is 2. The number of morpholine rings is 1. The zero-order valence-electron chi connectivity index (χ0n) is 46.0. The normalized spacial score (nSPS) is 24.0. The number of nitrogens with zero attached hydrogens (tertiary/aromatic N) is 3. The standard InChI is InChI=1S/C34H42FN3O10.C19H31N3O5S.CH4O/c1-17-21(47-24-16-45-13-12-38(24)35)8-9-25(46-17)48-23-15-18(34(43)36-10-11-37(2)3)14-20-27(23)33(42)29-28(31(20)40)30(39)19-6-5-7-22(44-4)26(19)32(29)41;1-5-6-7-13(3)28-15-10-17(25)22(19(15)27)9-8-16(24)21-14(4)18(26)20-12(2)11-23;1-2/h5-7,17-18,21,23-25,40,42H,8-16H2,1-4H3,(H,36,43);11-15H,5-10H2,1-4H3,(H,20,26)(H,21,24);2H,1H3/t17-,18?,21-,23-,24?,25?;12-,13?,14?,15?;/m00./s1. The van der Waals surface area contributed by atoms with Crippen molar-refractivity contribution in [2.24, 2.45) is 5.92 Å². The van der Waals surface area contributed by atoms with Crippen molar-refractivity contribution in [3.05, 3.63) is 51.6 Å². The predicted octanol–water partition coefficient (Wildman–Crippen LogP) is 3.27. The topological polar surface area (TPSA) is 289 Å². The summed E-state index contributed by atoms with van der Waals surface area (Å²) >= 11 is 1.53. The third-order valence-electron chi connectivity index (χ3n) is 14.0. The summed E-state index contributed by atoms with van der Waals surface area (Å²) in [4.78, 5) is 103. The summed E-state index contributed by atoms with van der Waals surface area (Å²) in [5.41, 5.74) is -0.337. The zero-order valence-corrected chi connectivity index (χ0v) is 46.8. The summed E-state index contributed by atoms with van der Waals surface area (Å²) in [6, 6.07) is 3.12. The molecule has 6 N–H and O–H groups in total. The summed E-state index contributed by atoms with van der Waals surface area (Å²) in [5, 5.41) is 38.9. The Labute approximate surface area is 458 Å². The van der Waals surface area contributed by atoms with E-state index in [1.54, 1.807) is 19.1 Å². The van der Waals surface area contributed by atoms with Crippen LogP contribution in [0.1, 0.15) is 135 Å². The van der Waals surface area contributed by atoms with E-state index in [1.807, 2.05) is 19.0 Å². The molecular formula is C54H77FN6O16S. The SMILES string of the molecule is CCCCC(C)SC1CC(=O)N(CCC(=O)NC(C)C(=O)N[C@@H](C)C=O)C1=O.CO.COc1cccc2c1C(=O)c1c(O)c3c(c(O)c1C2=O)CC(C(=O)NCCN(C)C)C[C@@H]3OC1CC[C@H](OC2COCCN2F)[C@H](C)O1. The molecule has 2 aromatic carbocycles. The van der Waals surface area contributed by atoms with E-state index in [-0.39, 0.29) is 114 Å². The average Bonchev–Trinajstić information content (AvgIpc) is 3.73. The number of aliphatic hydroxyl groups is 1. The molecule has 7 rings (SSSR count). The number of phenolic OH excluding ortho intramolecular Hbond substituents is 2. The highest BCUT2D eigenvalue weighted by molar-refractivity contribution is 8.01. The van der Waals surface area contributed by atoms with Crippen LogP contribution in [0.25, 0.3) is 0 Å². The van der Waals surface area contributed by atoms with Gasteiger partial charge in [0.15, 0.2) is 18.3 Å². The number of nitrogens with one attached hydrogen (secondary N) is 3. The number of ketones is 2. The van der Waals surface area contributed by atoms with Crippen molar-refractivity contribution in [2.45, 2.75) is 146 Å². The second-order valence-electron chi connectivity index (χ2n) is 20.0. The number of aldehydes is 1. The fourth-order valence-electron chi connectivity index (χ4n) is 9.82. The van der Waals surface area contributed by atoms with E-state index in [2.05, 4.69) is 29.8 Å². The molecule has 0 aromatic heterocycles. The quantitative estimate of drug-likeness (QED) is 0.0386. The lowest BCUT2D eigenvalue weighted by Crippen LogP contribution is -2.48. The number of rotatable bonds is 21. The molecule has 3 heterocycles. The van der Waals surface area contributed by atoms with Crippen LogP contribution in [-0.2, 0) is 54.1 Å². The number of hydrogen-bond donors (Lipinski definition) is 6. The van der Waals surface area contributed by atoms with Gasteiger partial charge in [-0.2, -0.15) is 0 Å². The van der Waals surface area contributed by atoms with Crippen molar-refractivity contribution >= 4 is 59.2 Å². The maximum absolute atomic E-state index is 14.3. The summed E-state index contributed by atoms with van der Waals surface area (Å²) in [7, 11) is 6.15. The monoisotopic (exact) mass is 1120 g/mol. The van der Waals surface area contributed by atoms with Gasteiger partial charge >= 0.3 is 0 Å². The summed E-state index contributed by atoms with van der Waals surface area (Å²) in [6.07, 6.45) is 1.22. The maximum Gasteiger partial charge on any atom is 0.242 e.